The van der Waals surface area contributed by atoms with Crippen molar-refractivity contribution in [3.8, 4) is 11.5 Å². The summed E-state index contributed by atoms with van der Waals surface area (Å²) >= 11 is 0. The molecule has 0 saturated heterocycles. The predicted octanol–water partition coefficient (Wildman–Crippen LogP) is 7.44. The normalized spacial score (nSPS) is 10.3. The zero-order valence-corrected chi connectivity index (χ0v) is 35.3. The Morgan fingerprint density at radius 2 is 1.26 bits per heavy atom. The number of H-pyrrole nitrogens is 2. The van der Waals surface area contributed by atoms with Crippen LogP contribution in [0.3, 0.4) is 0 Å². The number of benzene rings is 2. The Morgan fingerprint density at radius 1 is 0.710 bits per heavy atom. The van der Waals surface area contributed by atoms with E-state index in [1.54, 1.807) is 79.3 Å². The zero-order chi connectivity index (χ0) is 45.0. The molecule has 16 heteroatoms. The van der Waals surface area contributed by atoms with Gasteiger partial charge < -0.3 is 51.1 Å². The molecular formula is C46H54N10O6. The highest BCUT2D eigenvalue weighted by Gasteiger charge is 2.11. The summed E-state index contributed by atoms with van der Waals surface area (Å²) in [6, 6.07) is 23.6. The molecule has 324 valence electrons. The number of allylic oxidation sites excluding steroid dienone is 2. The molecule has 0 radical (unpaired) electrons. The summed E-state index contributed by atoms with van der Waals surface area (Å²) < 4.78 is 11.2. The summed E-state index contributed by atoms with van der Waals surface area (Å²) in [5, 5.41) is 39.3. The third kappa shape index (κ3) is 17.3. The lowest BCUT2D eigenvalue weighted by molar-refractivity contribution is -0.105. The van der Waals surface area contributed by atoms with Crippen molar-refractivity contribution >= 4 is 47.5 Å². The third-order valence-corrected chi connectivity index (χ3v) is 7.88. The molecular weight excluding hydrogens is 789 g/mol. The number of hydrogen-bond acceptors (Lipinski definition) is 12. The van der Waals surface area contributed by atoms with Crippen molar-refractivity contribution in [2.75, 3.05) is 37.1 Å². The average Bonchev–Trinajstić information content (AvgIpc) is 3.96. The lowest BCUT2D eigenvalue weighted by Crippen LogP contribution is -2.13. The first-order valence-corrected chi connectivity index (χ1v) is 19.8. The first kappa shape index (κ1) is 48.8. The Labute approximate surface area is 361 Å². The minimum Gasteiger partial charge on any atom is -0.493 e. The summed E-state index contributed by atoms with van der Waals surface area (Å²) in [7, 11) is 0. The summed E-state index contributed by atoms with van der Waals surface area (Å²) in [5.74, 6) is 3.08. The van der Waals surface area contributed by atoms with E-state index in [0.29, 0.717) is 72.7 Å². The van der Waals surface area contributed by atoms with E-state index in [4.69, 9.17) is 30.5 Å². The fraction of sp³-hybridized carbons (Fsp3) is 0.217. The molecule has 0 bridgehead atoms. The number of aryl methyl sites for hydroxylation is 2. The minimum absolute atomic E-state index is 0.0495. The number of aromatic amines is 2. The standard InChI is InChI=1S/C22H23N5O3.C16H19N3O2.C6H6N2O.C2H6/c1-15-9-10-24-21(13-15)27-22(29)18-14-25-20(26-18)8-7-17(23)16-5-2-3-6-19(16)30-12-4-11-28;1-12-11-18-16(19-12)8-7-14(17)13-5-2-3-6-15(13)21-10-4-9-20;9-5-8-6-3-1-2-4-7-6;1-2/h2-3,5-10,13-14,23,28H,4,11-12H2,1H3,(H,25,26)(H,24,27,29);2-3,5-8,11,17,20H,4,9-10H2,1H3,(H,18,19);1-5H,(H,7,8,9);1-2H3/b8-7-,23-17?;8-7-,17-14?;;. The number of carbonyl (C=O) groups is 2. The van der Waals surface area contributed by atoms with Gasteiger partial charge >= 0.3 is 0 Å². The maximum Gasteiger partial charge on any atom is 0.274 e. The second-order valence-electron chi connectivity index (χ2n) is 12.6. The topological polar surface area (TPSA) is 248 Å². The van der Waals surface area contributed by atoms with Crippen LogP contribution in [-0.4, -0.2) is 90.3 Å². The van der Waals surface area contributed by atoms with Gasteiger partial charge in [0.25, 0.3) is 5.91 Å². The molecule has 0 atom stereocenters. The molecule has 62 heavy (non-hydrogen) atoms. The van der Waals surface area contributed by atoms with Crippen molar-refractivity contribution in [1.29, 1.82) is 10.8 Å². The van der Waals surface area contributed by atoms with Crippen molar-refractivity contribution in [3.05, 3.63) is 156 Å². The maximum atomic E-state index is 12.3. The first-order chi connectivity index (χ1) is 30.2. The zero-order valence-electron chi connectivity index (χ0n) is 35.3. The fourth-order valence-electron chi connectivity index (χ4n) is 4.98. The van der Waals surface area contributed by atoms with Gasteiger partial charge in [0.1, 0.15) is 40.5 Å². The number of anilines is 2. The molecule has 16 nitrogen and oxygen atoms in total. The van der Waals surface area contributed by atoms with E-state index in [9.17, 15) is 9.59 Å². The van der Waals surface area contributed by atoms with Crippen LogP contribution >= 0.6 is 0 Å². The second-order valence-corrected chi connectivity index (χ2v) is 12.6. The molecule has 4 aromatic heterocycles. The highest BCUT2D eigenvalue weighted by molar-refractivity contribution is 6.11. The van der Waals surface area contributed by atoms with E-state index in [2.05, 4.69) is 40.5 Å². The van der Waals surface area contributed by atoms with Crippen molar-refractivity contribution in [2.24, 2.45) is 0 Å². The molecule has 2 aromatic carbocycles. The number of ether oxygens (including phenoxy) is 2. The summed E-state index contributed by atoms with van der Waals surface area (Å²) in [4.78, 5) is 44.4. The van der Waals surface area contributed by atoms with E-state index in [1.807, 2.05) is 70.2 Å². The number of nitrogens with one attached hydrogen (secondary N) is 6. The minimum atomic E-state index is -0.349. The van der Waals surface area contributed by atoms with Crippen LogP contribution in [0, 0.1) is 24.7 Å². The third-order valence-electron chi connectivity index (χ3n) is 7.88. The molecule has 6 aromatic rings. The van der Waals surface area contributed by atoms with E-state index in [-0.39, 0.29) is 30.5 Å². The van der Waals surface area contributed by atoms with Gasteiger partial charge in [0, 0.05) is 61.5 Å². The van der Waals surface area contributed by atoms with Crippen LogP contribution in [0.2, 0.25) is 0 Å². The van der Waals surface area contributed by atoms with Crippen molar-refractivity contribution < 1.29 is 29.3 Å². The van der Waals surface area contributed by atoms with Gasteiger partial charge in [-0.1, -0.05) is 44.2 Å². The SMILES string of the molecule is CC.Cc1ccnc(NC(=O)c2cnc(/C=C\C(=N)c3ccccc3OCCCO)[nH]2)c1.Cc1cnc(/C=C\C(=N)c2ccccc2OCCCO)[nH]1.O=CNc1ccccn1. The van der Waals surface area contributed by atoms with Crippen LogP contribution in [-0.2, 0) is 4.79 Å². The number of nitrogens with zero attached hydrogens (tertiary/aromatic N) is 4. The van der Waals surface area contributed by atoms with Crippen LogP contribution in [0.25, 0.3) is 12.2 Å². The van der Waals surface area contributed by atoms with Gasteiger partial charge in [-0.05, 0) is 92.2 Å². The number of para-hydroxylation sites is 2. The molecule has 0 fully saturated rings. The number of aliphatic hydroxyl groups is 2. The number of imidazole rings is 2. The molecule has 0 saturated carbocycles. The van der Waals surface area contributed by atoms with Crippen molar-refractivity contribution in [3.63, 3.8) is 0 Å². The monoisotopic (exact) mass is 842 g/mol. The summed E-state index contributed by atoms with van der Waals surface area (Å²) in [5.41, 5.74) is 4.19. The summed E-state index contributed by atoms with van der Waals surface area (Å²) in [6.45, 7) is 8.80. The number of rotatable bonds is 18. The van der Waals surface area contributed by atoms with Gasteiger partial charge in [0.15, 0.2) is 0 Å². The number of aliphatic hydroxyl groups excluding tert-OH is 2. The van der Waals surface area contributed by atoms with Gasteiger partial charge in [0.2, 0.25) is 6.41 Å². The maximum absolute atomic E-state index is 12.3. The van der Waals surface area contributed by atoms with Gasteiger partial charge in [-0.15, -0.1) is 0 Å². The fourth-order valence-corrected chi connectivity index (χ4v) is 4.98. The van der Waals surface area contributed by atoms with Crippen molar-refractivity contribution in [2.45, 2.75) is 40.5 Å². The van der Waals surface area contributed by atoms with E-state index in [1.165, 1.54) is 6.20 Å². The van der Waals surface area contributed by atoms with Crippen molar-refractivity contribution in [1.82, 2.24) is 29.9 Å². The van der Waals surface area contributed by atoms with E-state index < -0.39 is 0 Å². The largest absolute Gasteiger partial charge is 0.493 e. The first-order valence-electron chi connectivity index (χ1n) is 19.8. The molecule has 6 rings (SSSR count). The molecule has 8 N–H and O–H groups in total. The van der Waals surface area contributed by atoms with Crippen LogP contribution in [0.1, 0.15) is 71.2 Å². The number of hydrogen-bond donors (Lipinski definition) is 8. The van der Waals surface area contributed by atoms with Crippen LogP contribution in [0.5, 0.6) is 11.5 Å². The Kier molecular flexibility index (Phi) is 22.0. The molecule has 0 unspecified atom stereocenters. The number of pyridine rings is 2. The number of amides is 2. The van der Waals surface area contributed by atoms with Gasteiger partial charge in [-0.3, -0.25) is 9.59 Å². The molecule has 0 aliphatic heterocycles. The Balaban J connectivity index is 0.000000276. The summed E-state index contributed by atoms with van der Waals surface area (Å²) in [6.07, 6.45) is 14.8. The van der Waals surface area contributed by atoms with Crippen LogP contribution < -0.4 is 20.1 Å². The van der Waals surface area contributed by atoms with Crippen LogP contribution in [0.4, 0.5) is 11.6 Å². The molecule has 2 amide bonds. The molecule has 0 spiro atoms. The number of aromatic nitrogens is 6. The van der Waals surface area contributed by atoms with Crippen LogP contribution in [0.15, 0.2) is 116 Å². The van der Waals surface area contributed by atoms with Gasteiger partial charge in [0.05, 0.1) is 30.8 Å². The Morgan fingerprint density at radius 3 is 1.77 bits per heavy atom. The lowest BCUT2D eigenvalue weighted by atomic mass is 10.1. The van der Waals surface area contributed by atoms with Gasteiger partial charge in [-0.25, -0.2) is 19.9 Å². The highest BCUT2D eigenvalue weighted by atomic mass is 16.5. The predicted molar refractivity (Wildman–Crippen MR) is 243 cm³/mol. The highest BCUT2D eigenvalue weighted by Crippen LogP contribution is 2.21. The lowest BCUT2D eigenvalue weighted by Gasteiger charge is -2.10. The molecule has 4 heterocycles. The average molecular weight is 843 g/mol. The van der Waals surface area contributed by atoms with E-state index >= 15 is 0 Å². The quantitative estimate of drug-likeness (QED) is 0.0241. The molecule has 0 aliphatic rings. The number of carbonyl (C=O) groups excluding carboxylic acids is 2. The molecule has 0 aliphatic carbocycles. The Hall–Kier alpha value is -7.56. The Bertz CT molecular complexity index is 2340. The smallest absolute Gasteiger partial charge is 0.274 e. The van der Waals surface area contributed by atoms with Gasteiger partial charge in [-0.2, -0.15) is 0 Å². The second kappa shape index (κ2) is 28.0. The van der Waals surface area contributed by atoms with E-state index in [0.717, 1.165) is 22.6 Å².